The molecule has 4 heterocycles. The number of carbonyl (C=O) groups is 2. The third kappa shape index (κ3) is 4.36. The molecule has 0 saturated carbocycles. The fraction of sp³-hybridized carbons (Fsp3) is 0.414. The molecule has 1 fully saturated rings. The van der Waals surface area contributed by atoms with Gasteiger partial charge in [-0.2, -0.15) is 0 Å². The lowest BCUT2D eigenvalue weighted by Gasteiger charge is -2.33. The maximum absolute atomic E-state index is 13.5. The third-order valence-electron chi connectivity index (χ3n) is 7.24. The Kier molecular flexibility index (Phi) is 5.81. The van der Waals surface area contributed by atoms with Crippen LogP contribution in [0.4, 0.5) is 4.79 Å². The number of piperidine rings is 1. The molecule has 2 aliphatic rings. The molecule has 1 N–H and O–H groups in total. The Morgan fingerprint density at radius 1 is 1.13 bits per heavy atom. The van der Waals surface area contributed by atoms with Crippen LogP contribution < -0.4 is 10.1 Å². The minimum Gasteiger partial charge on any atom is -0.490 e. The van der Waals surface area contributed by atoms with Crippen LogP contribution in [0, 0.1) is 0 Å². The van der Waals surface area contributed by atoms with Crippen molar-refractivity contribution in [2.24, 2.45) is 7.05 Å². The van der Waals surface area contributed by atoms with Crippen LogP contribution in [0.1, 0.15) is 44.0 Å². The molecule has 0 radical (unpaired) electrons. The van der Waals surface area contributed by atoms with Crippen molar-refractivity contribution in [1.29, 1.82) is 0 Å². The number of hydrogen-bond acceptors (Lipinski definition) is 5. The SMILES string of the molecule is Cn1c(-c2cc3cccc4c3n2CCO4)nc2cc(C(=O)N3CCCC(NC(=O)OC(C)(C)C)C3)ccc21. The van der Waals surface area contributed by atoms with Crippen LogP contribution in [0.25, 0.3) is 33.5 Å². The number of aromatic nitrogens is 3. The summed E-state index contributed by atoms with van der Waals surface area (Å²) in [4.78, 5) is 32.5. The lowest BCUT2D eigenvalue weighted by Crippen LogP contribution is -2.50. The molecule has 1 saturated heterocycles. The second-order valence-corrected chi connectivity index (χ2v) is 11.2. The second-order valence-electron chi connectivity index (χ2n) is 11.2. The van der Waals surface area contributed by atoms with Gasteiger partial charge in [-0.15, -0.1) is 0 Å². The molecule has 2 aromatic heterocycles. The van der Waals surface area contributed by atoms with E-state index in [1.54, 1.807) is 0 Å². The van der Waals surface area contributed by atoms with Crippen molar-refractivity contribution < 1.29 is 19.1 Å². The molecule has 6 rings (SSSR count). The molecule has 4 aromatic rings. The van der Waals surface area contributed by atoms with E-state index in [-0.39, 0.29) is 11.9 Å². The van der Waals surface area contributed by atoms with Crippen LogP contribution in [-0.4, -0.2) is 62.4 Å². The van der Waals surface area contributed by atoms with Gasteiger partial charge in [-0.1, -0.05) is 12.1 Å². The first-order chi connectivity index (χ1) is 18.2. The third-order valence-corrected chi connectivity index (χ3v) is 7.24. The van der Waals surface area contributed by atoms with Crippen molar-refractivity contribution in [2.75, 3.05) is 19.7 Å². The van der Waals surface area contributed by atoms with Crippen molar-refractivity contribution in [3.63, 3.8) is 0 Å². The topological polar surface area (TPSA) is 90.6 Å². The van der Waals surface area contributed by atoms with Crippen molar-refractivity contribution in [2.45, 2.75) is 51.8 Å². The standard InChI is InChI=1S/C29H33N5O4/c1-29(2,3)38-28(36)30-20-8-6-12-33(17-20)27(35)19-10-11-22-21(15-19)31-26(32(22)4)23-16-18-7-5-9-24-25(18)34(23)13-14-37-24/h5,7,9-11,15-16,20H,6,8,12-14,17H2,1-4H3,(H,30,36). The number of likely N-dealkylation sites (tertiary alicyclic amines) is 1. The number of carbonyl (C=O) groups excluding carboxylic acids is 2. The van der Waals surface area contributed by atoms with Gasteiger partial charge in [-0.05, 0) is 63.9 Å². The zero-order chi connectivity index (χ0) is 26.6. The molecular formula is C29H33N5O4. The van der Waals surface area contributed by atoms with E-state index in [0.717, 1.165) is 58.6 Å². The Morgan fingerprint density at radius 2 is 1.97 bits per heavy atom. The summed E-state index contributed by atoms with van der Waals surface area (Å²) in [6, 6.07) is 13.8. The normalized spacial score (nSPS) is 17.5. The monoisotopic (exact) mass is 515 g/mol. The van der Waals surface area contributed by atoms with E-state index in [9.17, 15) is 9.59 Å². The van der Waals surface area contributed by atoms with Crippen LogP contribution >= 0.6 is 0 Å². The van der Waals surface area contributed by atoms with Gasteiger partial charge in [0, 0.05) is 37.1 Å². The number of hydrogen-bond donors (Lipinski definition) is 1. The molecule has 2 aliphatic heterocycles. The molecule has 9 heteroatoms. The minimum atomic E-state index is -0.563. The Balaban J connectivity index is 1.26. The van der Waals surface area contributed by atoms with E-state index in [1.807, 2.05) is 63.1 Å². The highest BCUT2D eigenvalue weighted by Crippen LogP contribution is 2.36. The summed E-state index contributed by atoms with van der Waals surface area (Å²) in [7, 11) is 2.01. The number of aryl methyl sites for hydroxylation is 1. The number of rotatable bonds is 3. The van der Waals surface area contributed by atoms with Crippen LogP contribution in [0.2, 0.25) is 0 Å². The molecule has 0 spiro atoms. The van der Waals surface area contributed by atoms with Crippen molar-refractivity contribution in [3.8, 4) is 17.3 Å². The summed E-state index contributed by atoms with van der Waals surface area (Å²) in [5.74, 6) is 1.70. The average Bonchev–Trinajstić information content (AvgIpc) is 3.41. The van der Waals surface area contributed by atoms with E-state index in [1.165, 1.54) is 0 Å². The number of benzene rings is 2. The van der Waals surface area contributed by atoms with E-state index in [4.69, 9.17) is 14.5 Å². The number of alkyl carbamates (subject to hydrolysis) is 1. The lowest BCUT2D eigenvalue weighted by atomic mass is 10.0. The Bertz CT molecular complexity index is 1560. The number of nitrogens with zero attached hydrogens (tertiary/aromatic N) is 4. The zero-order valence-electron chi connectivity index (χ0n) is 22.3. The number of ether oxygens (including phenoxy) is 2. The lowest BCUT2D eigenvalue weighted by molar-refractivity contribution is 0.0452. The number of para-hydroxylation sites is 1. The van der Waals surface area contributed by atoms with Crippen LogP contribution in [0.5, 0.6) is 5.75 Å². The Labute approximate surface area is 221 Å². The molecule has 0 aliphatic carbocycles. The molecule has 9 nitrogen and oxygen atoms in total. The van der Waals surface area contributed by atoms with Crippen molar-refractivity contribution >= 4 is 33.9 Å². The molecule has 38 heavy (non-hydrogen) atoms. The maximum Gasteiger partial charge on any atom is 0.407 e. The second kappa shape index (κ2) is 9.08. The van der Waals surface area contributed by atoms with Gasteiger partial charge in [-0.25, -0.2) is 9.78 Å². The fourth-order valence-corrected chi connectivity index (χ4v) is 5.57. The van der Waals surface area contributed by atoms with Gasteiger partial charge in [0.15, 0.2) is 5.82 Å². The Hall–Kier alpha value is -4.01. The first-order valence-electron chi connectivity index (χ1n) is 13.2. The van der Waals surface area contributed by atoms with Gasteiger partial charge in [0.25, 0.3) is 5.91 Å². The van der Waals surface area contributed by atoms with Gasteiger partial charge in [0.05, 0.1) is 28.8 Å². The summed E-state index contributed by atoms with van der Waals surface area (Å²) in [5, 5.41) is 4.04. The summed E-state index contributed by atoms with van der Waals surface area (Å²) in [6.45, 7) is 8.00. The first kappa shape index (κ1) is 24.3. The quantitative estimate of drug-likeness (QED) is 0.427. The number of nitrogens with one attached hydrogen (secondary N) is 1. The average molecular weight is 516 g/mol. The minimum absolute atomic E-state index is 0.0555. The largest absolute Gasteiger partial charge is 0.490 e. The Morgan fingerprint density at radius 3 is 2.79 bits per heavy atom. The fourth-order valence-electron chi connectivity index (χ4n) is 5.57. The van der Waals surface area contributed by atoms with Gasteiger partial charge >= 0.3 is 6.09 Å². The summed E-state index contributed by atoms with van der Waals surface area (Å²) in [6.07, 6.45) is 1.18. The predicted molar refractivity (Wildman–Crippen MR) is 145 cm³/mol. The molecule has 198 valence electrons. The smallest absolute Gasteiger partial charge is 0.407 e. The molecule has 1 unspecified atom stereocenters. The predicted octanol–water partition coefficient (Wildman–Crippen LogP) is 4.72. The van der Waals surface area contributed by atoms with Gasteiger partial charge in [-0.3, -0.25) is 4.79 Å². The van der Waals surface area contributed by atoms with Gasteiger partial charge < -0.3 is 28.8 Å². The van der Waals surface area contributed by atoms with E-state index in [2.05, 4.69) is 26.6 Å². The van der Waals surface area contributed by atoms with E-state index >= 15 is 0 Å². The number of fused-ring (bicyclic) bond motifs is 1. The van der Waals surface area contributed by atoms with Crippen molar-refractivity contribution in [3.05, 3.63) is 48.0 Å². The zero-order valence-corrected chi connectivity index (χ0v) is 22.3. The molecule has 2 amide bonds. The van der Waals surface area contributed by atoms with Gasteiger partial charge in [0.2, 0.25) is 0 Å². The first-order valence-corrected chi connectivity index (χ1v) is 13.2. The van der Waals surface area contributed by atoms with E-state index < -0.39 is 11.7 Å². The molecule has 0 bridgehead atoms. The van der Waals surface area contributed by atoms with Crippen LogP contribution in [0.15, 0.2) is 42.5 Å². The van der Waals surface area contributed by atoms with Crippen molar-refractivity contribution in [1.82, 2.24) is 24.3 Å². The highest BCUT2D eigenvalue weighted by Gasteiger charge is 2.28. The van der Waals surface area contributed by atoms with Crippen LogP contribution in [-0.2, 0) is 18.3 Å². The summed E-state index contributed by atoms with van der Waals surface area (Å²) in [5.41, 5.74) is 3.90. The van der Waals surface area contributed by atoms with Crippen LogP contribution in [0.3, 0.4) is 0 Å². The molecular weight excluding hydrogens is 482 g/mol. The maximum atomic E-state index is 13.5. The summed E-state index contributed by atoms with van der Waals surface area (Å²) < 4.78 is 15.6. The highest BCUT2D eigenvalue weighted by molar-refractivity contribution is 5.98. The highest BCUT2D eigenvalue weighted by atomic mass is 16.6. The van der Waals surface area contributed by atoms with E-state index in [0.29, 0.717) is 25.3 Å². The number of imidazole rings is 1. The summed E-state index contributed by atoms with van der Waals surface area (Å²) >= 11 is 0. The molecule has 2 aromatic carbocycles. The number of amides is 2. The van der Waals surface area contributed by atoms with Gasteiger partial charge in [0.1, 0.15) is 18.0 Å². The molecule has 1 atom stereocenters.